The van der Waals surface area contributed by atoms with E-state index in [9.17, 15) is 4.79 Å². The highest BCUT2D eigenvalue weighted by Gasteiger charge is 2.24. The van der Waals surface area contributed by atoms with Gasteiger partial charge in [0.25, 0.3) is 0 Å². The van der Waals surface area contributed by atoms with Crippen molar-refractivity contribution in [1.29, 1.82) is 0 Å². The van der Waals surface area contributed by atoms with E-state index >= 15 is 0 Å². The summed E-state index contributed by atoms with van der Waals surface area (Å²) in [6.45, 7) is 13.5. The van der Waals surface area contributed by atoms with Gasteiger partial charge in [-0.05, 0) is 65.3 Å². The molecule has 24 heavy (non-hydrogen) atoms. The van der Waals surface area contributed by atoms with E-state index in [0.29, 0.717) is 0 Å². The minimum atomic E-state index is -0.507. The van der Waals surface area contributed by atoms with Gasteiger partial charge in [0.2, 0.25) is 0 Å². The summed E-state index contributed by atoms with van der Waals surface area (Å²) in [5, 5.41) is 0. The number of rotatable bonds is 2. The molecule has 1 aliphatic rings. The lowest BCUT2D eigenvalue weighted by Gasteiger charge is -2.37. The summed E-state index contributed by atoms with van der Waals surface area (Å²) < 4.78 is 11.3. The molecule has 0 saturated carbocycles. The molecule has 0 aromatic heterocycles. The minimum absolute atomic E-state index is 0.196. The fourth-order valence-electron chi connectivity index (χ4n) is 2.94. The lowest BCUT2D eigenvalue weighted by molar-refractivity contribution is -0.00522. The molecular formula is C19H30N2O3. The SMILES string of the molecule is Cc1cc(N2CC(C)OC(C)C2)cc(N(C)C(=O)OC(C)(C)C)c1. The third-order valence-corrected chi connectivity index (χ3v) is 3.89. The van der Waals surface area contributed by atoms with Gasteiger partial charge in [-0.25, -0.2) is 4.79 Å². The second-order valence-corrected chi connectivity index (χ2v) is 7.73. The molecule has 1 aliphatic heterocycles. The molecule has 2 rings (SSSR count). The Hall–Kier alpha value is -1.75. The maximum atomic E-state index is 12.3. The first-order valence-corrected chi connectivity index (χ1v) is 8.54. The summed E-state index contributed by atoms with van der Waals surface area (Å²) in [7, 11) is 1.75. The van der Waals surface area contributed by atoms with Crippen LogP contribution in [0.3, 0.4) is 0 Å². The molecule has 2 atom stereocenters. The van der Waals surface area contributed by atoms with Crippen molar-refractivity contribution in [3.63, 3.8) is 0 Å². The third kappa shape index (κ3) is 4.87. The van der Waals surface area contributed by atoms with Crippen LogP contribution in [0.5, 0.6) is 0 Å². The number of hydrogen-bond donors (Lipinski definition) is 0. The highest BCUT2D eigenvalue weighted by atomic mass is 16.6. The van der Waals surface area contributed by atoms with Gasteiger partial charge < -0.3 is 14.4 Å². The van der Waals surface area contributed by atoms with Crippen molar-refractivity contribution in [2.45, 2.75) is 59.4 Å². The Labute approximate surface area is 145 Å². The van der Waals surface area contributed by atoms with Crippen LogP contribution in [-0.4, -0.2) is 44.0 Å². The van der Waals surface area contributed by atoms with E-state index in [0.717, 1.165) is 30.0 Å². The van der Waals surface area contributed by atoms with Crippen LogP contribution in [0.25, 0.3) is 0 Å². The van der Waals surface area contributed by atoms with Gasteiger partial charge in [-0.2, -0.15) is 0 Å². The maximum absolute atomic E-state index is 12.3. The molecule has 0 aliphatic carbocycles. The van der Waals surface area contributed by atoms with Crippen molar-refractivity contribution >= 4 is 17.5 Å². The van der Waals surface area contributed by atoms with E-state index in [1.165, 1.54) is 0 Å². The van der Waals surface area contributed by atoms with Crippen molar-refractivity contribution in [1.82, 2.24) is 0 Å². The van der Waals surface area contributed by atoms with Crippen molar-refractivity contribution in [2.75, 3.05) is 29.9 Å². The summed E-state index contributed by atoms with van der Waals surface area (Å²) in [5.74, 6) is 0. The highest BCUT2D eigenvalue weighted by Crippen LogP contribution is 2.28. The number of amides is 1. The average molecular weight is 334 g/mol. The predicted molar refractivity (Wildman–Crippen MR) is 98.0 cm³/mol. The largest absolute Gasteiger partial charge is 0.443 e. The van der Waals surface area contributed by atoms with Crippen molar-refractivity contribution in [2.24, 2.45) is 0 Å². The molecule has 1 amide bonds. The summed E-state index contributed by atoms with van der Waals surface area (Å²) in [6, 6.07) is 6.19. The second kappa shape index (κ2) is 7.01. The number of nitrogens with zero attached hydrogens (tertiary/aromatic N) is 2. The van der Waals surface area contributed by atoms with Crippen LogP contribution in [0.1, 0.15) is 40.2 Å². The monoisotopic (exact) mass is 334 g/mol. The fourth-order valence-corrected chi connectivity index (χ4v) is 2.94. The van der Waals surface area contributed by atoms with Gasteiger partial charge in [-0.15, -0.1) is 0 Å². The smallest absolute Gasteiger partial charge is 0.414 e. The second-order valence-electron chi connectivity index (χ2n) is 7.73. The molecule has 1 heterocycles. The van der Waals surface area contributed by atoms with Gasteiger partial charge in [0.05, 0.1) is 12.2 Å². The van der Waals surface area contributed by atoms with Crippen LogP contribution in [-0.2, 0) is 9.47 Å². The average Bonchev–Trinajstić information content (AvgIpc) is 2.43. The van der Waals surface area contributed by atoms with Gasteiger partial charge in [0.1, 0.15) is 5.60 Å². The molecule has 2 unspecified atom stereocenters. The number of aryl methyl sites for hydroxylation is 1. The zero-order chi connectivity index (χ0) is 18.1. The Bertz CT molecular complexity index is 585. The van der Waals surface area contributed by atoms with Gasteiger partial charge >= 0.3 is 6.09 Å². The van der Waals surface area contributed by atoms with Gasteiger partial charge in [-0.1, -0.05) is 0 Å². The summed E-state index contributed by atoms with van der Waals surface area (Å²) in [5.41, 5.74) is 2.56. The molecule has 0 spiro atoms. The molecule has 1 saturated heterocycles. The normalized spacial score (nSPS) is 21.5. The topological polar surface area (TPSA) is 42.0 Å². The van der Waals surface area contributed by atoms with E-state index in [1.807, 2.05) is 39.8 Å². The molecule has 1 fully saturated rings. The Kier molecular flexibility index (Phi) is 5.43. The molecule has 1 aromatic carbocycles. The lowest BCUT2D eigenvalue weighted by atomic mass is 10.1. The van der Waals surface area contributed by atoms with Crippen molar-refractivity contribution in [3.8, 4) is 0 Å². The van der Waals surface area contributed by atoms with Crippen LogP contribution in [0.4, 0.5) is 16.2 Å². The number of anilines is 2. The molecule has 0 N–H and O–H groups in total. The fraction of sp³-hybridized carbons (Fsp3) is 0.632. The maximum Gasteiger partial charge on any atom is 0.414 e. The van der Waals surface area contributed by atoms with Crippen molar-refractivity contribution in [3.05, 3.63) is 23.8 Å². The standard InChI is InChI=1S/C19H30N2O3/c1-13-8-16(20(7)18(22)24-19(4,5)6)10-17(9-13)21-11-14(2)23-15(3)12-21/h8-10,14-15H,11-12H2,1-7H3. The summed E-state index contributed by atoms with van der Waals surface area (Å²) >= 11 is 0. The zero-order valence-electron chi connectivity index (χ0n) is 15.9. The van der Waals surface area contributed by atoms with Crippen LogP contribution in [0.15, 0.2) is 18.2 Å². The first kappa shape index (κ1) is 18.6. The van der Waals surface area contributed by atoms with E-state index < -0.39 is 5.60 Å². The van der Waals surface area contributed by atoms with Gasteiger partial charge in [0.15, 0.2) is 0 Å². The number of ether oxygens (including phenoxy) is 2. The first-order chi connectivity index (χ1) is 11.0. The Morgan fingerprint density at radius 3 is 2.33 bits per heavy atom. The first-order valence-electron chi connectivity index (χ1n) is 8.54. The molecule has 5 heteroatoms. The third-order valence-electron chi connectivity index (χ3n) is 3.89. The Morgan fingerprint density at radius 1 is 1.21 bits per heavy atom. The number of morpholine rings is 1. The quantitative estimate of drug-likeness (QED) is 0.820. The number of benzene rings is 1. The van der Waals surface area contributed by atoms with E-state index in [1.54, 1.807) is 11.9 Å². The minimum Gasteiger partial charge on any atom is -0.443 e. The molecule has 0 radical (unpaired) electrons. The Morgan fingerprint density at radius 2 is 1.79 bits per heavy atom. The zero-order valence-corrected chi connectivity index (χ0v) is 15.9. The highest BCUT2D eigenvalue weighted by molar-refractivity contribution is 5.88. The molecule has 5 nitrogen and oxygen atoms in total. The predicted octanol–water partition coefficient (Wildman–Crippen LogP) is 3.98. The number of carbonyl (C=O) groups excluding carboxylic acids is 1. The Balaban J connectivity index is 2.23. The molecular weight excluding hydrogens is 304 g/mol. The van der Waals surface area contributed by atoms with E-state index in [4.69, 9.17) is 9.47 Å². The van der Waals surface area contributed by atoms with E-state index in [2.05, 4.69) is 24.8 Å². The van der Waals surface area contributed by atoms with E-state index in [-0.39, 0.29) is 18.3 Å². The van der Waals surface area contributed by atoms with Crippen LogP contribution in [0, 0.1) is 6.92 Å². The number of hydrogen-bond acceptors (Lipinski definition) is 4. The summed E-state index contributed by atoms with van der Waals surface area (Å²) in [6.07, 6.45) is 0.0466. The van der Waals surface area contributed by atoms with Crippen molar-refractivity contribution < 1.29 is 14.3 Å². The number of carbonyl (C=O) groups is 1. The van der Waals surface area contributed by atoms with Crippen LogP contribution >= 0.6 is 0 Å². The van der Waals surface area contributed by atoms with Crippen LogP contribution < -0.4 is 9.80 Å². The van der Waals surface area contributed by atoms with Gasteiger partial charge in [0, 0.05) is 31.5 Å². The summed E-state index contributed by atoms with van der Waals surface area (Å²) in [4.78, 5) is 16.2. The lowest BCUT2D eigenvalue weighted by Crippen LogP contribution is -2.45. The molecule has 1 aromatic rings. The molecule has 134 valence electrons. The molecule has 0 bridgehead atoms. The van der Waals surface area contributed by atoms with Crippen LogP contribution in [0.2, 0.25) is 0 Å². The van der Waals surface area contributed by atoms with Gasteiger partial charge in [-0.3, -0.25) is 4.90 Å².